The van der Waals surface area contributed by atoms with Crippen molar-refractivity contribution in [1.29, 1.82) is 0 Å². The zero-order chi connectivity index (χ0) is 13.0. The van der Waals surface area contributed by atoms with Gasteiger partial charge >= 0.3 is 0 Å². The lowest BCUT2D eigenvalue weighted by atomic mass is 10.1. The summed E-state index contributed by atoms with van der Waals surface area (Å²) in [5, 5.41) is 13.8. The molecule has 0 aliphatic carbocycles. The Morgan fingerprint density at radius 3 is 2.44 bits per heavy atom. The largest absolute Gasteiger partial charge is 0.508 e. The molecule has 0 fully saturated rings. The Morgan fingerprint density at radius 2 is 1.78 bits per heavy atom. The van der Waals surface area contributed by atoms with Gasteiger partial charge in [-0.05, 0) is 30.7 Å². The third-order valence-corrected chi connectivity index (χ3v) is 3.21. The molecule has 1 atom stereocenters. The lowest BCUT2D eigenvalue weighted by Gasteiger charge is -2.15. The fourth-order valence-corrected chi connectivity index (χ4v) is 1.92. The van der Waals surface area contributed by atoms with Crippen LogP contribution in [0.15, 0.2) is 48.5 Å². The molecule has 0 heterocycles. The Labute approximate surface area is 112 Å². The van der Waals surface area contributed by atoms with Crippen LogP contribution in [0.25, 0.3) is 0 Å². The van der Waals surface area contributed by atoms with Gasteiger partial charge in [-0.1, -0.05) is 41.9 Å². The van der Waals surface area contributed by atoms with Crippen molar-refractivity contribution in [2.75, 3.05) is 0 Å². The van der Waals surface area contributed by atoms with Crippen molar-refractivity contribution in [2.45, 2.75) is 19.5 Å². The second-order valence-electron chi connectivity index (χ2n) is 4.28. The van der Waals surface area contributed by atoms with E-state index < -0.39 is 0 Å². The molecule has 18 heavy (non-hydrogen) atoms. The lowest BCUT2D eigenvalue weighted by Crippen LogP contribution is -2.18. The van der Waals surface area contributed by atoms with E-state index in [9.17, 15) is 5.11 Å². The first-order chi connectivity index (χ1) is 8.66. The molecule has 2 aromatic carbocycles. The first-order valence-corrected chi connectivity index (χ1v) is 6.30. The van der Waals surface area contributed by atoms with E-state index in [4.69, 9.17) is 11.6 Å². The van der Waals surface area contributed by atoms with E-state index in [-0.39, 0.29) is 6.04 Å². The van der Waals surface area contributed by atoms with Gasteiger partial charge < -0.3 is 10.4 Å². The monoisotopic (exact) mass is 261 g/mol. The number of para-hydroxylation sites is 1. The summed E-state index contributed by atoms with van der Waals surface area (Å²) < 4.78 is 0. The summed E-state index contributed by atoms with van der Waals surface area (Å²) in [4.78, 5) is 0. The van der Waals surface area contributed by atoms with E-state index in [1.54, 1.807) is 6.07 Å². The molecule has 0 spiro atoms. The number of hydrogen-bond donors (Lipinski definition) is 2. The molecular formula is C15H16ClNO. The van der Waals surface area contributed by atoms with Gasteiger partial charge in [-0.3, -0.25) is 0 Å². The molecule has 0 saturated carbocycles. The van der Waals surface area contributed by atoms with Crippen LogP contribution in [0.1, 0.15) is 24.1 Å². The molecule has 0 aromatic heterocycles. The predicted octanol–water partition coefficient (Wildman–Crippen LogP) is 3.90. The van der Waals surface area contributed by atoms with E-state index in [1.165, 1.54) is 5.56 Å². The second-order valence-corrected chi connectivity index (χ2v) is 4.72. The zero-order valence-corrected chi connectivity index (χ0v) is 11.0. The van der Waals surface area contributed by atoms with Gasteiger partial charge in [0.25, 0.3) is 0 Å². The molecule has 3 heteroatoms. The number of phenolic OH excluding ortho intramolecular Hbond substituents is 1. The minimum absolute atomic E-state index is 0.210. The first-order valence-electron chi connectivity index (χ1n) is 5.92. The summed E-state index contributed by atoms with van der Waals surface area (Å²) in [5.41, 5.74) is 2.08. The minimum Gasteiger partial charge on any atom is -0.508 e. The highest BCUT2D eigenvalue weighted by Crippen LogP contribution is 2.19. The SMILES string of the molecule is C[C@H](NCc1ccccc1O)c1ccc(Cl)cc1. The van der Waals surface area contributed by atoms with E-state index in [2.05, 4.69) is 12.2 Å². The summed E-state index contributed by atoms with van der Waals surface area (Å²) in [5.74, 6) is 0.327. The van der Waals surface area contributed by atoms with Crippen molar-refractivity contribution in [3.05, 3.63) is 64.7 Å². The summed E-state index contributed by atoms with van der Waals surface area (Å²) in [7, 11) is 0. The van der Waals surface area contributed by atoms with Crippen molar-refractivity contribution in [3.63, 3.8) is 0 Å². The average Bonchev–Trinajstić information content (AvgIpc) is 2.38. The molecule has 2 nitrogen and oxygen atoms in total. The fraction of sp³-hybridized carbons (Fsp3) is 0.200. The van der Waals surface area contributed by atoms with Gasteiger partial charge in [0.2, 0.25) is 0 Å². The van der Waals surface area contributed by atoms with Crippen LogP contribution in [-0.2, 0) is 6.54 Å². The average molecular weight is 262 g/mol. The van der Waals surface area contributed by atoms with Gasteiger partial charge in [-0.15, -0.1) is 0 Å². The molecule has 94 valence electrons. The van der Waals surface area contributed by atoms with Gasteiger partial charge in [-0.25, -0.2) is 0 Å². The Morgan fingerprint density at radius 1 is 1.11 bits per heavy atom. The van der Waals surface area contributed by atoms with Crippen molar-refractivity contribution >= 4 is 11.6 Å². The Kier molecular flexibility index (Phi) is 4.24. The van der Waals surface area contributed by atoms with Crippen molar-refractivity contribution in [3.8, 4) is 5.75 Å². The topological polar surface area (TPSA) is 32.3 Å². The maximum Gasteiger partial charge on any atom is 0.120 e. The molecule has 0 bridgehead atoms. The molecule has 0 aliphatic heterocycles. The number of rotatable bonds is 4. The summed E-state index contributed by atoms with van der Waals surface area (Å²) in [6.45, 7) is 2.72. The summed E-state index contributed by atoms with van der Waals surface area (Å²) in [6, 6.07) is 15.3. The third-order valence-electron chi connectivity index (χ3n) is 2.96. The molecule has 2 aromatic rings. The third kappa shape index (κ3) is 3.25. The quantitative estimate of drug-likeness (QED) is 0.875. The zero-order valence-electron chi connectivity index (χ0n) is 10.2. The van der Waals surface area contributed by atoms with Crippen LogP contribution >= 0.6 is 11.6 Å². The fourth-order valence-electron chi connectivity index (χ4n) is 1.79. The van der Waals surface area contributed by atoms with Crippen molar-refractivity contribution < 1.29 is 5.11 Å². The van der Waals surface area contributed by atoms with Gasteiger partial charge in [0, 0.05) is 23.2 Å². The molecule has 0 unspecified atom stereocenters. The van der Waals surface area contributed by atoms with E-state index in [0.29, 0.717) is 12.3 Å². The first kappa shape index (κ1) is 12.9. The minimum atomic E-state index is 0.210. The second kappa shape index (κ2) is 5.89. The number of aromatic hydroxyl groups is 1. The number of phenols is 1. The van der Waals surface area contributed by atoms with Gasteiger partial charge in [0.1, 0.15) is 5.75 Å². The summed E-state index contributed by atoms with van der Waals surface area (Å²) in [6.07, 6.45) is 0. The van der Waals surface area contributed by atoms with Crippen molar-refractivity contribution in [2.24, 2.45) is 0 Å². The maximum absolute atomic E-state index is 9.67. The van der Waals surface area contributed by atoms with Crippen molar-refractivity contribution in [1.82, 2.24) is 5.32 Å². The highest BCUT2D eigenvalue weighted by molar-refractivity contribution is 6.30. The Balaban J connectivity index is 1.98. The van der Waals surface area contributed by atoms with Crippen LogP contribution in [0, 0.1) is 0 Å². The number of benzene rings is 2. The Hall–Kier alpha value is -1.51. The highest BCUT2D eigenvalue weighted by Gasteiger charge is 2.06. The molecule has 0 aliphatic rings. The lowest BCUT2D eigenvalue weighted by molar-refractivity contribution is 0.460. The number of hydrogen-bond acceptors (Lipinski definition) is 2. The van der Waals surface area contributed by atoms with Crippen LogP contribution in [0.4, 0.5) is 0 Å². The number of nitrogens with one attached hydrogen (secondary N) is 1. The predicted molar refractivity (Wildman–Crippen MR) is 74.8 cm³/mol. The van der Waals surface area contributed by atoms with E-state index in [0.717, 1.165) is 10.6 Å². The van der Waals surface area contributed by atoms with E-state index in [1.807, 2.05) is 42.5 Å². The standard InChI is InChI=1S/C15H16ClNO/c1-11(12-6-8-14(16)9-7-12)17-10-13-4-2-3-5-15(13)18/h2-9,11,17-18H,10H2,1H3/t11-/m0/s1. The van der Waals surface area contributed by atoms with Crippen LogP contribution in [0.3, 0.4) is 0 Å². The molecule has 0 saturated heterocycles. The van der Waals surface area contributed by atoms with Gasteiger partial charge in [0.05, 0.1) is 0 Å². The molecule has 2 rings (SSSR count). The molecule has 0 radical (unpaired) electrons. The Bertz CT molecular complexity index is 510. The highest BCUT2D eigenvalue weighted by atomic mass is 35.5. The van der Waals surface area contributed by atoms with Crippen LogP contribution in [0.2, 0.25) is 5.02 Å². The van der Waals surface area contributed by atoms with Gasteiger partial charge in [-0.2, -0.15) is 0 Å². The molecular weight excluding hydrogens is 246 g/mol. The van der Waals surface area contributed by atoms with Crippen LogP contribution < -0.4 is 5.32 Å². The smallest absolute Gasteiger partial charge is 0.120 e. The summed E-state index contributed by atoms with van der Waals surface area (Å²) >= 11 is 5.86. The van der Waals surface area contributed by atoms with Gasteiger partial charge in [0.15, 0.2) is 0 Å². The van der Waals surface area contributed by atoms with Crippen LogP contribution in [-0.4, -0.2) is 5.11 Å². The molecule has 2 N–H and O–H groups in total. The van der Waals surface area contributed by atoms with Crippen LogP contribution in [0.5, 0.6) is 5.75 Å². The normalized spacial score (nSPS) is 12.3. The maximum atomic E-state index is 9.67. The molecule has 0 amide bonds. The number of halogens is 1. The van der Waals surface area contributed by atoms with E-state index >= 15 is 0 Å².